The molecular weight excluding hydrogens is 254 g/mol. The van der Waals surface area contributed by atoms with Gasteiger partial charge in [0, 0.05) is 32.6 Å². The van der Waals surface area contributed by atoms with Crippen molar-refractivity contribution in [1.29, 1.82) is 0 Å². The summed E-state index contributed by atoms with van der Waals surface area (Å²) in [5, 5.41) is 3.34. The van der Waals surface area contributed by atoms with Gasteiger partial charge in [-0.2, -0.15) is 4.98 Å². The van der Waals surface area contributed by atoms with Crippen LogP contribution in [0, 0.1) is 6.92 Å². The molecule has 5 nitrogen and oxygen atoms in total. The monoisotopic (exact) mass is 281 g/mol. The molecule has 0 aliphatic rings. The highest BCUT2D eigenvalue weighted by Crippen LogP contribution is 2.25. The number of methoxy groups -OCH3 is 1. The van der Waals surface area contributed by atoms with Gasteiger partial charge in [0.2, 0.25) is 5.88 Å². The van der Waals surface area contributed by atoms with Crippen molar-refractivity contribution in [3.05, 3.63) is 11.4 Å². The number of nitrogens with one attached hydrogen (secondary N) is 1. The summed E-state index contributed by atoms with van der Waals surface area (Å²) >= 11 is 0. The first-order valence-corrected chi connectivity index (χ1v) is 7.34. The normalized spacial score (nSPS) is 10.9. The molecule has 0 aromatic carbocycles. The summed E-state index contributed by atoms with van der Waals surface area (Å²) in [6.07, 6.45) is 1.92. The Labute approximate surface area is 122 Å². The Bertz CT molecular complexity index is 408. The minimum absolute atomic E-state index is 0.277. The SMILES string of the molecule is CCCNc1nc(C(C)C)nc(OCCCOC)c1C. The van der Waals surface area contributed by atoms with Crippen molar-refractivity contribution < 1.29 is 9.47 Å². The van der Waals surface area contributed by atoms with Crippen LogP contribution in [0.4, 0.5) is 5.82 Å². The lowest BCUT2D eigenvalue weighted by molar-refractivity contribution is 0.170. The van der Waals surface area contributed by atoms with Crippen LogP contribution in [-0.2, 0) is 4.74 Å². The molecule has 0 saturated heterocycles. The lowest BCUT2D eigenvalue weighted by Crippen LogP contribution is -2.12. The zero-order chi connectivity index (χ0) is 15.0. The molecule has 0 aliphatic heterocycles. The van der Waals surface area contributed by atoms with Crippen LogP contribution in [0.2, 0.25) is 0 Å². The van der Waals surface area contributed by atoms with E-state index in [1.165, 1.54) is 0 Å². The quantitative estimate of drug-likeness (QED) is 0.705. The molecule has 1 rings (SSSR count). The third kappa shape index (κ3) is 4.96. The second-order valence-electron chi connectivity index (χ2n) is 5.14. The lowest BCUT2D eigenvalue weighted by Gasteiger charge is -2.15. The van der Waals surface area contributed by atoms with E-state index in [2.05, 4.69) is 36.1 Å². The summed E-state index contributed by atoms with van der Waals surface area (Å²) in [5.41, 5.74) is 0.972. The van der Waals surface area contributed by atoms with Gasteiger partial charge < -0.3 is 14.8 Å². The first-order chi connectivity index (χ1) is 9.60. The highest BCUT2D eigenvalue weighted by Gasteiger charge is 2.13. The predicted molar refractivity (Wildman–Crippen MR) is 81.6 cm³/mol. The Morgan fingerprint density at radius 3 is 2.55 bits per heavy atom. The van der Waals surface area contributed by atoms with Gasteiger partial charge in [0.05, 0.1) is 12.2 Å². The average Bonchev–Trinajstić information content (AvgIpc) is 2.43. The van der Waals surface area contributed by atoms with Crippen molar-refractivity contribution in [1.82, 2.24) is 9.97 Å². The molecule has 0 radical (unpaired) electrons. The van der Waals surface area contributed by atoms with Crippen molar-refractivity contribution in [3.8, 4) is 5.88 Å². The molecule has 0 saturated carbocycles. The fraction of sp³-hybridized carbons (Fsp3) is 0.733. The molecule has 5 heteroatoms. The number of anilines is 1. The molecule has 1 aromatic rings. The van der Waals surface area contributed by atoms with Gasteiger partial charge in [0.1, 0.15) is 11.6 Å². The predicted octanol–water partition coefficient (Wildman–Crippen LogP) is 3.15. The van der Waals surface area contributed by atoms with Crippen LogP contribution < -0.4 is 10.1 Å². The van der Waals surface area contributed by atoms with Gasteiger partial charge in [-0.25, -0.2) is 4.98 Å². The molecule has 0 spiro atoms. The minimum atomic E-state index is 0.277. The van der Waals surface area contributed by atoms with E-state index in [9.17, 15) is 0 Å². The van der Waals surface area contributed by atoms with Crippen molar-refractivity contribution in [2.75, 3.05) is 32.2 Å². The maximum atomic E-state index is 5.78. The second kappa shape index (κ2) is 8.74. The van der Waals surface area contributed by atoms with Crippen LogP contribution >= 0.6 is 0 Å². The third-order valence-electron chi connectivity index (χ3n) is 2.91. The summed E-state index contributed by atoms with van der Waals surface area (Å²) < 4.78 is 10.8. The average molecular weight is 281 g/mol. The van der Waals surface area contributed by atoms with Crippen LogP contribution in [0.15, 0.2) is 0 Å². The van der Waals surface area contributed by atoms with E-state index < -0.39 is 0 Å². The highest BCUT2D eigenvalue weighted by atomic mass is 16.5. The topological polar surface area (TPSA) is 56.3 Å². The van der Waals surface area contributed by atoms with Crippen molar-refractivity contribution in [2.24, 2.45) is 0 Å². The molecule has 1 aromatic heterocycles. The second-order valence-corrected chi connectivity index (χ2v) is 5.14. The molecule has 0 aliphatic carbocycles. The first kappa shape index (κ1) is 16.7. The fourth-order valence-electron chi connectivity index (χ4n) is 1.70. The largest absolute Gasteiger partial charge is 0.477 e. The van der Waals surface area contributed by atoms with Gasteiger partial charge in [0.25, 0.3) is 0 Å². The zero-order valence-electron chi connectivity index (χ0n) is 13.3. The summed E-state index contributed by atoms with van der Waals surface area (Å²) in [4.78, 5) is 9.11. The van der Waals surface area contributed by atoms with E-state index in [4.69, 9.17) is 9.47 Å². The molecule has 0 atom stereocenters. The van der Waals surface area contributed by atoms with E-state index in [0.717, 1.165) is 36.6 Å². The highest BCUT2D eigenvalue weighted by molar-refractivity contribution is 5.48. The summed E-state index contributed by atoms with van der Waals surface area (Å²) in [6, 6.07) is 0. The van der Waals surface area contributed by atoms with Gasteiger partial charge in [-0.3, -0.25) is 0 Å². The Hall–Kier alpha value is -1.36. The summed E-state index contributed by atoms with van der Waals surface area (Å²) in [7, 11) is 1.69. The number of hydrogen-bond donors (Lipinski definition) is 1. The molecule has 0 bridgehead atoms. The number of aromatic nitrogens is 2. The number of ether oxygens (including phenoxy) is 2. The van der Waals surface area contributed by atoms with Gasteiger partial charge in [-0.1, -0.05) is 20.8 Å². The van der Waals surface area contributed by atoms with E-state index in [1.807, 2.05) is 6.92 Å². The lowest BCUT2D eigenvalue weighted by atomic mass is 10.2. The maximum Gasteiger partial charge on any atom is 0.221 e. The van der Waals surface area contributed by atoms with Crippen LogP contribution in [0.25, 0.3) is 0 Å². The van der Waals surface area contributed by atoms with Crippen LogP contribution in [-0.4, -0.2) is 36.8 Å². The number of rotatable bonds is 9. The number of hydrogen-bond acceptors (Lipinski definition) is 5. The molecule has 0 unspecified atom stereocenters. The molecule has 114 valence electrons. The Morgan fingerprint density at radius 1 is 1.20 bits per heavy atom. The van der Waals surface area contributed by atoms with Crippen LogP contribution in [0.1, 0.15) is 50.9 Å². The van der Waals surface area contributed by atoms with Gasteiger partial charge >= 0.3 is 0 Å². The third-order valence-corrected chi connectivity index (χ3v) is 2.91. The van der Waals surface area contributed by atoms with E-state index in [1.54, 1.807) is 7.11 Å². The van der Waals surface area contributed by atoms with Gasteiger partial charge in [-0.15, -0.1) is 0 Å². The number of nitrogens with zero attached hydrogens (tertiary/aromatic N) is 2. The Kier molecular flexibility index (Phi) is 7.30. The van der Waals surface area contributed by atoms with E-state index in [0.29, 0.717) is 19.1 Å². The molecule has 20 heavy (non-hydrogen) atoms. The molecule has 1 heterocycles. The van der Waals surface area contributed by atoms with Crippen molar-refractivity contribution >= 4 is 5.82 Å². The fourth-order valence-corrected chi connectivity index (χ4v) is 1.70. The smallest absolute Gasteiger partial charge is 0.221 e. The van der Waals surface area contributed by atoms with Gasteiger partial charge in [0.15, 0.2) is 0 Å². The van der Waals surface area contributed by atoms with Crippen LogP contribution in [0.3, 0.4) is 0 Å². The van der Waals surface area contributed by atoms with Crippen LogP contribution in [0.5, 0.6) is 5.88 Å². The molecule has 0 fully saturated rings. The molecular formula is C15H27N3O2. The first-order valence-electron chi connectivity index (χ1n) is 7.34. The Balaban J connectivity index is 2.86. The zero-order valence-corrected chi connectivity index (χ0v) is 13.3. The van der Waals surface area contributed by atoms with Gasteiger partial charge in [-0.05, 0) is 13.3 Å². The maximum absolute atomic E-state index is 5.78. The minimum Gasteiger partial charge on any atom is -0.477 e. The van der Waals surface area contributed by atoms with Crippen molar-refractivity contribution in [2.45, 2.75) is 46.5 Å². The molecule has 1 N–H and O–H groups in total. The van der Waals surface area contributed by atoms with E-state index in [-0.39, 0.29) is 5.92 Å². The van der Waals surface area contributed by atoms with Crippen molar-refractivity contribution in [3.63, 3.8) is 0 Å². The standard InChI is InChI=1S/C15H27N3O2/c1-6-8-16-14-12(4)15(20-10-7-9-19-5)18-13(17-14)11(2)3/h11H,6-10H2,1-5H3,(H,16,17,18). The summed E-state index contributed by atoms with van der Waals surface area (Å²) in [6.45, 7) is 10.5. The summed E-state index contributed by atoms with van der Waals surface area (Å²) in [5.74, 6) is 2.65. The van der Waals surface area contributed by atoms with E-state index >= 15 is 0 Å². The molecule has 0 amide bonds. The Morgan fingerprint density at radius 2 is 1.95 bits per heavy atom.